The molecule has 7 heteroatoms. The Morgan fingerprint density at radius 3 is 2.16 bits per heavy atom. The molecule has 2 amide bonds. The van der Waals surface area contributed by atoms with E-state index in [1.807, 2.05) is 24.3 Å². The first kappa shape index (κ1) is 22.3. The van der Waals surface area contributed by atoms with E-state index in [0.717, 1.165) is 22.3 Å². The maximum atomic E-state index is 12.3. The van der Waals surface area contributed by atoms with E-state index in [0.29, 0.717) is 6.42 Å². The normalized spacial score (nSPS) is 14.1. The Labute approximate surface area is 181 Å². The molecular formula is C24H28N2O5. The molecule has 3 rings (SSSR count). The molecule has 0 heterocycles. The molecule has 2 atom stereocenters. The molecule has 2 aromatic carbocycles. The summed E-state index contributed by atoms with van der Waals surface area (Å²) < 4.78 is 5.48. The Morgan fingerprint density at radius 1 is 1.03 bits per heavy atom. The summed E-state index contributed by atoms with van der Waals surface area (Å²) in [6.45, 7) is 3.74. The standard InChI is InChI=1S/C24H28N2O5/c1-3-16(23(28)29)13-25-22(27)12-15(2)26-24(30)31-14-21-19-10-6-4-8-17(19)18-9-5-7-11-20(18)21/h4-11,15-16,21H,3,12-14H2,1-2H3,(H,25,27)(H,26,30)(H,28,29)/t15-,16?/m1/s1. The molecular weight excluding hydrogens is 396 g/mol. The van der Waals surface area contributed by atoms with Gasteiger partial charge in [-0.25, -0.2) is 4.79 Å². The summed E-state index contributed by atoms with van der Waals surface area (Å²) in [6.07, 6.45) is -0.109. The summed E-state index contributed by atoms with van der Waals surface area (Å²) in [7, 11) is 0. The zero-order valence-corrected chi connectivity index (χ0v) is 17.8. The van der Waals surface area contributed by atoms with Crippen LogP contribution < -0.4 is 10.6 Å². The Hall–Kier alpha value is -3.35. The number of benzene rings is 2. The highest BCUT2D eigenvalue weighted by atomic mass is 16.5. The zero-order chi connectivity index (χ0) is 22.4. The average Bonchev–Trinajstić information content (AvgIpc) is 3.06. The molecule has 1 aliphatic rings. The van der Waals surface area contributed by atoms with Gasteiger partial charge < -0.3 is 20.5 Å². The van der Waals surface area contributed by atoms with Crippen LogP contribution in [-0.2, 0) is 14.3 Å². The number of hydrogen-bond acceptors (Lipinski definition) is 4. The van der Waals surface area contributed by atoms with Crippen LogP contribution in [-0.4, -0.2) is 42.3 Å². The van der Waals surface area contributed by atoms with Gasteiger partial charge in [0.15, 0.2) is 0 Å². The minimum absolute atomic E-state index is 0.0289. The summed E-state index contributed by atoms with van der Waals surface area (Å²) in [6, 6.07) is 15.8. The Kier molecular flexibility index (Phi) is 7.28. The summed E-state index contributed by atoms with van der Waals surface area (Å²) in [4.78, 5) is 35.3. The first-order valence-electron chi connectivity index (χ1n) is 10.5. The van der Waals surface area contributed by atoms with E-state index in [1.54, 1.807) is 13.8 Å². The van der Waals surface area contributed by atoms with E-state index < -0.39 is 24.0 Å². The lowest BCUT2D eigenvalue weighted by atomic mass is 9.98. The summed E-state index contributed by atoms with van der Waals surface area (Å²) >= 11 is 0. The van der Waals surface area contributed by atoms with Crippen molar-refractivity contribution >= 4 is 18.0 Å². The van der Waals surface area contributed by atoms with Crippen LogP contribution in [0.2, 0.25) is 0 Å². The van der Waals surface area contributed by atoms with E-state index in [-0.39, 0.29) is 31.4 Å². The Morgan fingerprint density at radius 2 is 1.61 bits per heavy atom. The molecule has 31 heavy (non-hydrogen) atoms. The molecule has 3 N–H and O–H groups in total. The first-order valence-corrected chi connectivity index (χ1v) is 10.5. The SMILES string of the molecule is CCC(CNC(=O)C[C@@H](C)NC(=O)OCC1c2ccccc2-c2ccccc21)C(=O)O. The third-order valence-corrected chi connectivity index (χ3v) is 5.59. The van der Waals surface area contributed by atoms with Crippen molar-refractivity contribution in [1.82, 2.24) is 10.6 Å². The van der Waals surface area contributed by atoms with E-state index >= 15 is 0 Å². The largest absolute Gasteiger partial charge is 0.481 e. The van der Waals surface area contributed by atoms with Crippen LogP contribution in [0.1, 0.15) is 43.7 Å². The zero-order valence-electron chi connectivity index (χ0n) is 17.8. The van der Waals surface area contributed by atoms with Gasteiger partial charge in [0, 0.05) is 24.9 Å². The highest BCUT2D eigenvalue weighted by Gasteiger charge is 2.29. The van der Waals surface area contributed by atoms with Crippen molar-refractivity contribution in [3.05, 3.63) is 59.7 Å². The van der Waals surface area contributed by atoms with Crippen molar-refractivity contribution < 1.29 is 24.2 Å². The second kappa shape index (κ2) is 10.1. The van der Waals surface area contributed by atoms with Gasteiger partial charge in [0.1, 0.15) is 6.61 Å². The van der Waals surface area contributed by atoms with Crippen LogP contribution >= 0.6 is 0 Å². The first-order chi connectivity index (χ1) is 14.9. The molecule has 0 spiro atoms. The number of aliphatic carboxylic acids is 1. The lowest BCUT2D eigenvalue weighted by molar-refractivity contribution is -0.141. The third kappa shape index (κ3) is 5.42. The smallest absolute Gasteiger partial charge is 0.407 e. The monoisotopic (exact) mass is 424 g/mol. The van der Waals surface area contributed by atoms with Gasteiger partial charge in [0.2, 0.25) is 5.91 Å². The van der Waals surface area contributed by atoms with Crippen LogP contribution in [0.15, 0.2) is 48.5 Å². The summed E-state index contributed by atoms with van der Waals surface area (Å²) in [5.41, 5.74) is 4.58. The van der Waals surface area contributed by atoms with Crippen LogP contribution in [0, 0.1) is 5.92 Å². The van der Waals surface area contributed by atoms with Gasteiger partial charge in [0.05, 0.1) is 5.92 Å². The van der Waals surface area contributed by atoms with Gasteiger partial charge in [-0.1, -0.05) is 55.5 Å². The van der Waals surface area contributed by atoms with Gasteiger partial charge >= 0.3 is 12.1 Å². The second-order valence-corrected chi connectivity index (χ2v) is 7.82. The van der Waals surface area contributed by atoms with E-state index in [1.165, 1.54) is 0 Å². The number of carboxylic acid groups (broad SMARTS) is 1. The van der Waals surface area contributed by atoms with Crippen LogP contribution in [0.5, 0.6) is 0 Å². The van der Waals surface area contributed by atoms with Crippen LogP contribution in [0.25, 0.3) is 11.1 Å². The summed E-state index contributed by atoms with van der Waals surface area (Å²) in [5, 5.41) is 14.3. The predicted octanol–water partition coefficient (Wildman–Crippen LogP) is 3.53. The van der Waals surface area contributed by atoms with Crippen LogP contribution in [0.4, 0.5) is 4.79 Å². The van der Waals surface area contributed by atoms with E-state index in [4.69, 9.17) is 9.84 Å². The minimum Gasteiger partial charge on any atom is -0.481 e. The molecule has 0 aliphatic heterocycles. The van der Waals surface area contributed by atoms with Crippen molar-refractivity contribution in [2.24, 2.45) is 5.92 Å². The fraction of sp³-hybridized carbons (Fsp3) is 0.375. The quantitative estimate of drug-likeness (QED) is 0.571. The number of carboxylic acids is 1. The summed E-state index contributed by atoms with van der Waals surface area (Å²) in [5.74, 6) is -1.90. The third-order valence-electron chi connectivity index (χ3n) is 5.59. The molecule has 0 fully saturated rings. The van der Waals surface area contributed by atoms with Gasteiger partial charge in [0.25, 0.3) is 0 Å². The molecule has 164 valence electrons. The van der Waals surface area contributed by atoms with Gasteiger partial charge in [-0.05, 0) is 35.6 Å². The van der Waals surface area contributed by atoms with Gasteiger partial charge in [-0.2, -0.15) is 0 Å². The van der Waals surface area contributed by atoms with Gasteiger partial charge in [-0.3, -0.25) is 9.59 Å². The van der Waals surface area contributed by atoms with Crippen molar-refractivity contribution in [3.63, 3.8) is 0 Å². The highest BCUT2D eigenvalue weighted by molar-refractivity contribution is 5.80. The molecule has 1 unspecified atom stereocenters. The predicted molar refractivity (Wildman–Crippen MR) is 117 cm³/mol. The fourth-order valence-corrected chi connectivity index (χ4v) is 3.89. The maximum Gasteiger partial charge on any atom is 0.407 e. The number of carbonyl (C=O) groups is 3. The van der Waals surface area contributed by atoms with Crippen LogP contribution in [0.3, 0.4) is 0 Å². The topological polar surface area (TPSA) is 105 Å². The minimum atomic E-state index is -0.937. The number of fused-ring (bicyclic) bond motifs is 3. The van der Waals surface area contributed by atoms with Crippen molar-refractivity contribution in [1.29, 1.82) is 0 Å². The lowest BCUT2D eigenvalue weighted by Gasteiger charge is -2.17. The van der Waals surface area contributed by atoms with E-state index in [2.05, 4.69) is 34.9 Å². The number of amides is 2. The average molecular weight is 424 g/mol. The molecule has 0 saturated heterocycles. The van der Waals surface area contributed by atoms with Crippen molar-refractivity contribution in [2.45, 2.75) is 38.6 Å². The molecule has 1 aliphatic carbocycles. The molecule has 7 nitrogen and oxygen atoms in total. The van der Waals surface area contributed by atoms with E-state index in [9.17, 15) is 14.4 Å². The molecule has 0 radical (unpaired) electrons. The number of carbonyl (C=O) groups excluding carboxylic acids is 2. The molecule has 0 bridgehead atoms. The maximum absolute atomic E-state index is 12.3. The number of alkyl carbamates (subject to hydrolysis) is 1. The molecule has 0 aromatic heterocycles. The van der Waals surface area contributed by atoms with Crippen molar-refractivity contribution in [2.75, 3.05) is 13.2 Å². The number of nitrogens with one attached hydrogen (secondary N) is 2. The van der Waals surface area contributed by atoms with Crippen molar-refractivity contribution in [3.8, 4) is 11.1 Å². The fourth-order valence-electron chi connectivity index (χ4n) is 3.89. The lowest BCUT2D eigenvalue weighted by Crippen LogP contribution is -2.39. The number of rotatable bonds is 9. The number of ether oxygens (including phenoxy) is 1. The Balaban J connectivity index is 1.49. The molecule has 0 saturated carbocycles. The number of hydrogen-bond donors (Lipinski definition) is 3. The molecule has 2 aromatic rings. The van der Waals surface area contributed by atoms with Gasteiger partial charge in [-0.15, -0.1) is 0 Å². The highest BCUT2D eigenvalue weighted by Crippen LogP contribution is 2.44. The second-order valence-electron chi connectivity index (χ2n) is 7.82. The Bertz CT molecular complexity index is 913.